The largest absolute Gasteiger partial charge is 0.496 e. The van der Waals surface area contributed by atoms with Crippen molar-refractivity contribution in [2.24, 2.45) is 0 Å². The number of quaternary nitrogens is 1. The van der Waals surface area contributed by atoms with Crippen LogP contribution in [0.15, 0.2) is 46.9 Å². The zero-order valence-corrected chi connectivity index (χ0v) is 15.5. The van der Waals surface area contributed by atoms with Crippen LogP contribution in [0.2, 0.25) is 0 Å². The molecule has 1 amide bonds. The van der Waals surface area contributed by atoms with E-state index in [1.54, 1.807) is 13.2 Å². The van der Waals surface area contributed by atoms with Crippen molar-refractivity contribution in [1.82, 2.24) is 0 Å². The number of nitro benzene ring substituents is 1. The number of ether oxygens (including phenoxy) is 1. The maximum Gasteiger partial charge on any atom is 0.279 e. The molecule has 0 aliphatic rings. The summed E-state index contributed by atoms with van der Waals surface area (Å²) in [4.78, 5) is 23.4. The third-order valence-corrected chi connectivity index (χ3v) is 4.03. The minimum absolute atomic E-state index is 0.0580. The molecule has 132 valence electrons. The second kappa shape index (κ2) is 8.59. The van der Waals surface area contributed by atoms with E-state index in [2.05, 4.69) is 21.2 Å². The van der Waals surface area contributed by atoms with E-state index < -0.39 is 4.92 Å². The second-order valence-electron chi connectivity index (χ2n) is 5.62. The molecule has 0 aromatic heterocycles. The Morgan fingerprint density at radius 1 is 1.32 bits per heavy atom. The van der Waals surface area contributed by atoms with Crippen LogP contribution < -0.4 is 15.0 Å². The minimum Gasteiger partial charge on any atom is -0.496 e. The topological polar surface area (TPSA) is 85.9 Å². The van der Waals surface area contributed by atoms with Gasteiger partial charge in [0.05, 0.1) is 19.1 Å². The molecule has 7 nitrogen and oxygen atoms in total. The Balaban J connectivity index is 1.97. The zero-order valence-electron chi connectivity index (χ0n) is 13.9. The number of benzene rings is 2. The lowest BCUT2D eigenvalue weighted by Gasteiger charge is -2.16. The molecule has 0 fully saturated rings. The van der Waals surface area contributed by atoms with Gasteiger partial charge >= 0.3 is 0 Å². The smallest absolute Gasteiger partial charge is 0.279 e. The molecule has 0 aliphatic carbocycles. The van der Waals surface area contributed by atoms with E-state index >= 15 is 0 Å². The van der Waals surface area contributed by atoms with Gasteiger partial charge in [0.2, 0.25) is 0 Å². The zero-order chi connectivity index (χ0) is 18.4. The summed E-state index contributed by atoms with van der Waals surface area (Å²) in [6, 6.07) is 11.6. The van der Waals surface area contributed by atoms with Gasteiger partial charge in [0.25, 0.3) is 11.6 Å². The molecule has 0 radical (unpaired) electrons. The molecule has 1 unspecified atom stereocenters. The van der Waals surface area contributed by atoms with Gasteiger partial charge < -0.3 is 15.0 Å². The minimum atomic E-state index is -0.493. The van der Waals surface area contributed by atoms with E-state index in [9.17, 15) is 14.9 Å². The molecule has 2 aromatic carbocycles. The number of nitrogens with zero attached hydrogens (tertiary/aromatic N) is 1. The van der Waals surface area contributed by atoms with E-state index in [4.69, 9.17) is 4.74 Å². The summed E-state index contributed by atoms with van der Waals surface area (Å²) in [5, 5.41) is 13.5. The van der Waals surface area contributed by atoms with Crippen LogP contribution in [0.5, 0.6) is 5.75 Å². The maximum absolute atomic E-state index is 12.2. The summed E-state index contributed by atoms with van der Waals surface area (Å²) in [6.45, 7) is 0.823. The number of halogens is 1. The Hall–Kier alpha value is -2.45. The molecule has 0 bridgehead atoms. The van der Waals surface area contributed by atoms with Gasteiger partial charge in [0.15, 0.2) is 6.54 Å². The summed E-state index contributed by atoms with van der Waals surface area (Å²) in [6.07, 6.45) is 0. The molecular formula is C17H19BrN3O4+. The third-order valence-electron chi connectivity index (χ3n) is 3.54. The first kappa shape index (κ1) is 18.9. The van der Waals surface area contributed by atoms with Crippen LogP contribution >= 0.6 is 15.9 Å². The van der Waals surface area contributed by atoms with Gasteiger partial charge in [0, 0.05) is 27.9 Å². The predicted molar refractivity (Wildman–Crippen MR) is 97.9 cm³/mol. The Morgan fingerprint density at radius 2 is 2.08 bits per heavy atom. The van der Waals surface area contributed by atoms with Crippen LogP contribution in [0.25, 0.3) is 0 Å². The van der Waals surface area contributed by atoms with Crippen molar-refractivity contribution in [2.75, 3.05) is 26.0 Å². The van der Waals surface area contributed by atoms with Gasteiger partial charge in [0.1, 0.15) is 12.3 Å². The number of likely N-dealkylation sites (N-methyl/N-ethyl adjacent to an activating group) is 1. The highest BCUT2D eigenvalue weighted by Gasteiger charge is 2.15. The summed E-state index contributed by atoms with van der Waals surface area (Å²) < 4.78 is 6.28. The fourth-order valence-electron chi connectivity index (χ4n) is 2.45. The lowest BCUT2D eigenvalue weighted by molar-refractivity contribution is -0.885. The Morgan fingerprint density at radius 3 is 2.76 bits per heavy atom. The van der Waals surface area contributed by atoms with Crippen molar-refractivity contribution in [2.45, 2.75) is 6.54 Å². The number of nitrogens with one attached hydrogen (secondary N) is 2. The first-order valence-electron chi connectivity index (χ1n) is 7.57. The number of hydrogen-bond acceptors (Lipinski definition) is 4. The molecule has 1 atom stereocenters. The monoisotopic (exact) mass is 408 g/mol. The number of anilines is 1. The van der Waals surface area contributed by atoms with Crippen LogP contribution in [0.3, 0.4) is 0 Å². The highest BCUT2D eigenvalue weighted by Crippen LogP contribution is 2.22. The molecule has 25 heavy (non-hydrogen) atoms. The SMILES string of the molecule is COc1ccc(Br)cc1C[NH+](C)CC(=O)Nc1cccc([N+](=O)[O-])c1. The average Bonchev–Trinajstić information content (AvgIpc) is 2.55. The summed E-state index contributed by atoms with van der Waals surface area (Å²) in [5.74, 6) is 0.550. The fraction of sp³-hybridized carbons (Fsp3) is 0.235. The molecule has 0 spiro atoms. The number of methoxy groups -OCH3 is 1. The van der Waals surface area contributed by atoms with Gasteiger partial charge in [-0.1, -0.05) is 22.0 Å². The number of amides is 1. The summed E-state index contributed by atoms with van der Waals surface area (Å²) in [5.41, 5.74) is 1.34. The van der Waals surface area contributed by atoms with Crippen LogP contribution in [0.1, 0.15) is 5.56 Å². The molecule has 0 saturated heterocycles. The van der Waals surface area contributed by atoms with Crippen molar-refractivity contribution in [1.29, 1.82) is 0 Å². The predicted octanol–water partition coefficient (Wildman–Crippen LogP) is 2.02. The van der Waals surface area contributed by atoms with Crippen LogP contribution in [-0.4, -0.2) is 31.5 Å². The lowest BCUT2D eigenvalue weighted by atomic mass is 10.2. The van der Waals surface area contributed by atoms with E-state index in [1.165, 1.54) is 18.2 Å². The number of carbonyl (C=O) groups excluding carboxylic acids is 1. The number of carbonyl (C=O) groups is 1. The van der Waals surface area contributed by atoms with Crippen LogP contribution in [0.4, 0.5) is 11.4 Å². The van der Waals surface area contributed by atoms with Gasteiger partial charge in [-0.2, -0.15) is 0 Å². The van der Waals surface area contributed by atoms with Gasteiger partial charge in [-0.05, 0) is 24.3 Å². The molecule has 0 saturated carbocycles. The van der Waals surface area contributed by atoms with Crippen molar-refractivity contribution in [3.8, 4) is 5.75 Å². The molecule has 0 heterocycles. The fourth-order valence-corrected chi connectivity index (χ4v) is 2.86. The molecule has 2 N–H and O–H groups in total. The quantitative estimate of drug-likeness (QED) is 0.541. The van der Waals surface area contributed by atoms with E-state index in [0.29, 0.717) is 12.2 Å². The van der Waals surface area contributed by atoms with Crippen molar-refractivity contribution < 1.29 is 19.4 Å². The molecule has 8 heteroatoms. The normalized spacial score (nSPS) is 11.6. The van der Waals surface area contributed by atoms with Crippen molar-refractivity contribution in [3.05, 3.63) is 62.6 Å². The third kappa shape index (κ3) is 5.54. The second-order valence-corrected chi connectivity index (χ2v) is 6.54. The number of non-ortho nitro benzene ring substituents is 1. The van der Waals surface area contributed by atoms with Gasteiger partial charge in [-0.15, -0.1) is 0 Å². The van der Waals surface area contributed by atoms with Gasteiger partial charge in [-0.25, -0.2) is 0 Å². The molecule has 0 aliphatic heterocycles. The molecule has 2 aromatic rings. The summed E-state index contributed by atoms with van der Waals surface area (Å²) >= 11 is 3.43. The lowest BCUT2D eigenvalue weighted by Crippen LogP contribution is -3.08. The first-order chi connectivity index (χ1) is 11.9. The highest BCUT2D eigenvalue weighted by molar-refractivity contribution is 9.10. The number of hydrogen-bond donors (Lipinski definition) is 2. The van der Waals surface area contributed by atoms with Crippen molar-refractivity contribution >= 4 is 33.2 Å². The first-order valence-corrected chi connectivity index (χ1v) is 8.36. The van der Waals surface area contributed by atoms with E-state index in [0.717, 1.165) is 20.7 Å². The highest BCUT2D eigenvalue weighted by atomic mass is 79.9. The Bertz CT molecular complexity index is 782. The average molecular weight is 409 g/mol. The molecule has 2 rings (SSSR count). The Kier molecular flexibility index (Phi) is 6.49. The van der Waals surface area contributed by atoms with E-state index in [1.807, 2.05) is 25.2 Å². The summed E-state index contributed by atoms with van der Waals surface area (Å²) in [7, 11) is 3.50. The van der Waals surface area contributed by atoms with Gasteiger partial charge in [-0.3, -0.25) is 14.9 Å². The standard InChI is InChI=1S/C17H18BrN3O4/c1-20(10-12-8-13(18)6-7-16(12)25-2)11-17(22)19-14-4-3-5-15(9-14)21(23)24/h3-9H,10-11H2,1-2H3,(H,19,22)/p+1. The van der Waals surface area contributed by atoms with E-state index in [-0.39, 0.29) is 18.1 Å². The Labute approximate surface area is 153 Å². The number of rotatable bonds is 7. The maximum atomic E-state index is 12.2. The number of nitro groups is 1. The van der Waals surface area contributed by atoms with Crippen molar-refractivity contribution in [3.63, 3.8) is 0 Å². The van der Waals surface area contributed by atoms with Crippen LogP contribution in [0, 0.1) is 10.1 Å². The van der Waals surface area contributed by atoms with Crippen LogP contribution in [-0.2, 0) is 11.3 Å². The molecular weight excluding hydrogens is 390 g/mol.